The predicted molar refractivity (Wildman–Crippen MR) is 50.6 cm³/mol. The molecule has 0 fully saturated rings. The number of carboxylic acid groups (broad SMARTS) is 1. The molecule has 0 aromatic heterocycles. The van der Waals surface area contributed by atoms with Gasteiger partial charge in [-0.1, -0.05) is 20.8 Å². The van der Waals surface area contributed by atoms with Crippen LogP contribution in [0.4, 0.5) is 0 Å². The highest BCUT2D eigenvalue weighted by molar-refractivity contribution is 5.73. The number of hydrogen-bond donors (Lipinski definition) is 2. The van der Waals surface area contributed by atoms with Crippen LogP contribution in [-0.2, 0) is 4.79 Å². The average Bonchev–Trinajstić information content (AvgIpc) is 1.82. The Hall–Kier alpha value is -0.610. The molecule has 4 nitrogen and oxygen atoms in total. The Labute approximate surface area is 79.2 Å². The van der Waals surface area contributed by atoms with Gasteiger partial charge in [-0.3, -0.25) is 9.69 Å². The molecule has 4 heteroatoms. The summed E-state index contributed by atoms with van der Waals surface area (Å²) in [6, 6.07) is -0.792. The standard InChI is InChI=1S/C9H19NO3/c1-9(2,3)6-10(4)7(5-11)8(12)13/h7,11H,5-6H2,1-4H3,(H,12,13)/t7-/m1/s1. The summed E-state index contributed by atoms with van der Waals surface area (Å²) in [6.07, 6.45) is 0. The summed E-state index contributed by atoms with van der Waals surface area (Å²) in [6.45, 7) is 6.38. The van der Waals surface area contributed by atoms with Crippen molar-refractivity contribution in [3.05, 3.63) is 0 Å². The second-order valence-electron chi connectivity index (χ2n) is 4.51. The molecule has 13 heavy (non-hydrogen) atoms. The van der Waals surface area contributed by atoms with Crippen molar-refractivity contribution in [1.29, 1.82) is 0 Å². The Bertz CT molecular complexity index is 174. The van der Waals surface area contributed by atoms with Crippen molar-refractivity contribution in [3.8, 4) is 0 Å². The van der Waals surface area contributed by atoms with Crippen LogP contribution in [0.3, 0.4) is 0 Å². The highest BCUT2D eigenvalue weighted by Crippen LogP contribution is 2.15. The number of carboxylic acids is 1. The van der Waals surface area contributed by atoms with Crippen LogP contribution in [0.5, 0.6) is 0 Å². The molecule has 0 aliphatic heterocycles. The van der Waals surface area contributed by atoms with E-state index in [9.17, 15) is 4.79 Å². The largest absolute Gasteiger partial charge is 0.480 e. The molecule has 0 aliphatic carbocycles. The van der Waals surface area contributed by atoms with E-state index in [1.807, 2.05) is 20.8 Å². The quantitative estimate of drug-likeness (QED) is 0.672. The molecule has 0 spiro atoms. The van der Waals surface area contributed by atoms with Crippen LogP contribution in [0.15, 0.2) is 0 Å². The van der Waals surface area contributed by atoms with Gasteiger partial charge in [0.05, 0.1) is 6.61 Å². The maximum Gasteiger partial charge on any atom is 0.323 e. The van der Waals surface area contributed by atoms with Crippen molar-refractivity contribution in [2.75, 3.05) is 20.2 Å². The smallest absolute Gasteiger partial charge is 0.323 e. The Balaban J connectivity index is 4.22. The first-order valence-electron chi connectivity index (χ1n) is 4.32. The number of nitrogens with zero attached hydrogens (tertiary/aromatic N) is 1. The molecule has 0 saturated heterocycles. The fourth-order valence-corrected chi connectivity index (χ4v) is 1.26. The molecule has 0 radical (unpaired) electrons. The summed E-state index contributed by atoms with van der Waals surface area (Å²) in [7, 11) is 1.71. The third kappa shape index (κ3) is 4.85. The van der Waals surface area contributed by atoms with Crippen LogP contribution < -0.4 is 0 Å². The molecule has 0 aliphatic rings. The minimum Gasteiger partial charge on any atom is -0.480 e. The number of likely N-dealkylation sites (N-methyl/N-ethyl adjacent to an activating group) is 1. The number of carbonyl (C=O) groups is 1. The molecule has 0 aromatic rings. The number of aliphatic carboxylic acids is 1. The van der Waals surface area contributed by atoms with E-state index >= 15 is 0 Å². The van der Waals surface area contributed by atoms with E-state index in [1.54, 1.807) is 11.9 Å². The minimum atomic E-state index is -0.978. The molecule has 2 N–H and O–H groups in total. The lowest BCUT2D eigenvalue weighted by Crippen LogP contribution is -2.44. The molecule has 0 saturated carbocycles. The molecule has 0 unspecified atom stereocenters. The predicted octanol–water partition coefficient (Wildman–Crippen LogP) is 0.410. The monoisotopic (exact) mass is 189 g/mol. The summed E-state index contributed by atoms with van der Waals surface area (Å²) in [5.41, 5.74) is 0.0393. The fourth-order valence-electron chi connectivity index (χ4n) is 1.26. The number of aliphatic hydroxyl groups is 1. The van der Waals surface area contributed by atoms with Crippen molar-refractivity contribution in [2.24, 2.45) is 5.41 Å². The van der Waals surface area contributed by atoms with E-state index in [1.165, 1.54) is 0 Å². The third-order valence-corrected chi connectivity index (χ3v) is 1.71. The second kappa shape index (κ2) is 4.58. The van der Waals surface area contributed by atoms with Crippen LogP contribution in [-0.4, -0.2) is 47.3 Å². The van der Waals surface area contributed by atoms with Crippen molar-refractivity contribution in [2.45, 2.75) is 26.8 Å². The van der Waals surface area contributed by atoms with E-state index < -0.39 is 12.0 Å². The van der Waals surface area contributed by atoms with Gasteiger partial charge in [-0.15, -0.1) is 0 Å². The number of rotatable bonds is 4. The van der Waals surface area contributed by atoms with Crippen molar-refractivity contribution >= 4 is 5.97 Å². The summed E-state index contributed by atoms with van der Waals surface area (Å²) in [5, 5.41) is 17.6. The highest BCUT2D eigenvalue weighted by Gasteiger charge is 2.24. The average molecular weight is 189 g/mol. The van der Waals surface area contributed by atoms with E-state index in [4.69, 9.17) is 10.2 Å². The molecular formula is C9H19NO3. The lowest BCUT2D eigenvalue weighted by Gasteiger charge is -2.29. The topological polar surface area (TPSA) is 60.8 Å². The van der Waals surface area contributed by atoms with Crippen LogP contribution >= 0.6 is 0 Å². The van der Waals surface area contributed by atoms with Gasteiger partial charge in [0.15, 0.2) is 0 Å². The van der Waals surface area contributed by atoms with Crippen LogP contribution in [0.25, 0.3) is 0 Å². The Morgan fingerprint density at radius 3 is 2.15 bits per heavy atom. The van der Waals surface area contributed by atoms with Crippen molar-refractivity contribution in [1.82, 2.24) is 4.90 Å². The normalized spacial score (nSPS) is 14.6. The zero-order chi connectivity index (χ0) is 10.6. The minimum absolute atomic E-state index is 0.0393. The van der Waals surface area contributed by atoms with Crippen molar-refractivity contribution in [3.63, 3.8) is 0 Å². The number of hydrogen-bond acceptors (Lipinski definition) is 3. The Kier molecular flexibility index (Phi) is 4.36. The molecule has 0 amide bonds. The molecule has 78 valence electrons. The lowest BCUT2D eigenvalue weighted by atomic mass is 9.95. The zero-order valence-corrected chi connectivity index (χ0v) is 8.74. The molecule has 0 aromatic carbocycles. The van der Waals surface area contributed by atoms with E-state index in [0.717, 1.165) is 0 Å². The maximum absolute atomic E-state index is 10.7. The summed E-state index contributed by atoms with van der Waals surface area (Å²) >= 11 is 0. The summed E-state index contributed by atoms with van der Waals surface area (Å²) < 4.78 is 0. The maximum atomic E-state index is 10.7. The molecule has 1 atom stereocenters. The van der Waals surface area contributed by atoms with Gasteiger partial charge in [0, 0.05) is 6.54 Å². The van der Waals surface area contributed by atoms with Gasteiger partial charge in [0.2, 0.25) is 0 Å². The third-order valence-electron chi connectivity index (χ3n) is 1.71. The number of aliphatic hydroxyl groups excluding tert-OH is 1. The Morgan fingerprint density at radius 2 is 1.92 bits per heavy atom. The first kappa shape index (κ1) is 12.4. The van der Waals surface area contributed by atoms with Crippen molar-refractivity contribution < 1.29 is 15.0 Å². The SMILES string of the molecule is CN(CC(C)(C)C)[C@H](CO)C(=O)O. The summed E-state index contributed by atoms with van der Waals surface area (Å²) in [4.78, 5) is 12.3. The summed E-state index contributed by atoms with van der Waals surface area (Å²) in [5.74, 6) is -0.978. The zero-order valence-electron chi connectivity index (χ0n) is 8.74. The lowest BCUT2D eigenvalue weighted by molar-refractivity contribution is -0.144. The first-order valence-corrected chi connectivity index (χ1v) is 4.32. The van der Waals surface area contributed by atoms with Crippen LogP contribution in [0.2, 0.25) is 0 Å². The second-order valence-corrected chi connectivity index (χ2v) is 4.51. The van der Waals surface area contributed by atoms with E-state index in [2.05, 4.69) is 0 Å². The van der Waals surface area contributed by atoms with Gasteiger partial charge in [-0.25, -0.2) is 0 Å². The van der Waals surface area contributed by atoms with Gasteiger partial charge < -0.3 is 10.2 Å². The van der Waals surface area contributed by atoms with Gasteiger partial charge in [0.25, 0.3) is 0 Å². The molecular weight excluding hydrogens is 170 g/mol. The first-order chi connectivity index (χ1) is 5.78. The van der Waals surface area contributed by atoms with Gasteiger partial charge >= 0.3 is 5.97 Å². The highest BCUT2D eigenvalue weighted by atomic mass is 16.4. The molecule has 0 bridgehead atoms. The van der Waals surface area contributed by atoms with Gasteiger partial charge in [-0.2, -0.15) is 0 Å². The van der Waals surface area contributed by atoms with Crippen LogP contribution in [0.1, 0.15) is 20.8 Å². The van der Waals surface area contributed by atoms with E-state index in [-0.39, 0.29) is 12.0 Å². The van der Waals surface area contributed by atoms with Crippen LogP contribution in [0, 0.1) is 5.41 Å². The molecule has 0 rings (SSSR count). The fraction of sp³-hybridized carbons (Fsp3) is 0.889. The van der Waals surface area contributed by atoms with Gasteiger partial charge in [0.1, 0.15) is 6.04 Å². The Morgan fingerprint density at radius 1 is 1.46 bits per heavy atom. The van der Waals surface area contributed by atoms with E-state index in [0.29, 0.717) is 6.54 Å². The molecule has 0 heterocycles. The van der Waals surface area contributed by atoms with Gasteiger partial charge in [-0.05, 0) is 12.5 Å².